The lowest BCUT2D eigenvalue weighted by atomic mass is 9.92. The summed E-state index contributed by atoms with van der Waals surface area (Å²) in [6.45, 7) is 7.76. The number of rotatable bonds is 2. The van der Waals surface area contributed by atoms with Gasteiger partial charge in [0.05, 0.1) is 0 Å². The van der Waals surface area contributed by atoms with Gasteiger partial charge in [-0.2, -0.15) is 0 Å². The highest BCUT2D eigenvalue weighted by molar-refractivity contribution is 5.71. The van der Waals surface area contributed by atoms with Crippen LogP contribution in [0.15, 0.2) is 36.9 Å². The third-order valence-corrected chi connectivity index (χ3v) is 2.81. The third kappa shape index (κ3) is 2.67. The zero-order valence-electron chi connectivity index (χ0n) is 10.1. The largest absolute Gasteiger partial charge is 0.509 e. The average Bonchev–Trinajstić information content (AvgIpc) is 2.26. The fraction of sp³-hybridized carbons (Fsp3) is 0.357. The van der Waals surface area contributed by atoms with E-state index in [4.69, 9.17) is 9.47 Å². The van der Waals surface area contributed by atoms with Gasteiger partial charge < -0.3 is 9.47 Å². The molecule has 17 heavy (non-hydrogen) atoms. The van der Waals surface area contributed by atoms with Crippen LogP contribution in [0.2, 0.25) is 0 Å². The summed E-state index contributed by atoms with van der Waals surface area (Å²) < 4.78 is 10.3. The minimum absolute atomic E-state index is 0.311. The summed E-state index contributed by atoms with van der Waals surface area (Å²) in [4.78, 5) is 11.3. The van der Waals surface area contributed by atoms with Crippen LogP contribution in [0.5, 0.6) is 0 Å². The molecule has 1 atom stereocenters. The first-order valence-electron chi connectivity index (χ1n) is 5.62. The second-order valence-corrected chi connectivity index (χ2v) is 4.81. The molecule has 0 saturated carbocycles. The monoisotopic (exact) mass is 232 g/mol. The van der Waals surface area contributed by atoms with E-state index < -0.39 is 11.8 Å². The van der Waals surface area contributed by atoms with Gasteiger partial charge in [-0.3, -0.25) is 0 Å². The molecular formula is C14H16O3. The Balaban J connectivity index is 2.18. The molecule has 1 aromatic rings. The lowest BCUT2D eigenvalue weighted by molar-refractivity contribution is -0.0828. The Hall–Kier alpha value is -1.77. The summed E-state index contributed by atoms with van der Waals surface area (Å²) in [6, 6.07) is 9.73. The summed E-state index contributed by atoms with van der Waals surface area (Å²) in [6.07, 6.45) is -0.316. The van der Waals surface area contributed by atoms with Crippen LogP contribution in [0, 0.1) is 0 Å². The van der Waals surface area contributed by atoms with Gasteiger partial charge in [0, 0.05) is 6.42 Å². The van der Waals surface area contributed by atoms with Crippen molar-refractivity contribution in [2.24, 2.45) is 0 Å². The molecule has 1 fully saturated rings. The van der Waals surface area contributed by atoms with E-state index in [2.05, 4.69) is 6.58 Å². The van der Waals surface area contributed by atoms with E-state index >= 15 is 0 Å². The van der Waals surface area contributed by atoms with Gasteiger partial charge in [0.15, 0.2) is 0 Å². The quantitative estimate of drug-likeness (QED) is 0.733. The summed E-state index contributed by atoms with van der Waals surface area (Å²) in [5, 5.41) is 0. The summed E-state index contributed by atoms with van der Waals surface area (Å²) in [7, 11) is 0. The van der Waals surface area contributed by atoms with Crippen molar-refractivity contribution in [3.8, 4) is 0 Å². The summed E-state index contributed by atoms with van der Waals surface area (Å²) >= 11 is 0. The van der Waals surface area contributed by atoms with Crippen LogP contribution in [0.25, 0.3) is 5.57 Å². The fourth-order valence-electron chi connectivity index (χ4n) is 1.93. The Morgan fingerprint density at radius 2 is 2.00 bits per heavy atom. The topological polar surface area (TPSA) is 35.5 Å². The zero-order chi connectivity index (χ0) is 12.5. The van der Waals surface area contributed by atoms with Gasteiger partial charge in [0.2, 0.25) is 0 Å². The van der Waals surface area contributed by atoms with Crippen LogP contribution in [0.1, 0.15) is 25.8 Å². The standard InChI is InChI=1S/C14H16O3/c1-10(11-7-5-4-6-8-11)12-9-14(2,3)17-13(15)16-12/h4-8,12H,1,9H2,2-3H3. The number of ether oxygens (including phenoxy) is 2. The van der Waals surface area contributed by atoms with Gasteiger partial charge in [-0.25, -0.2) is 4.79 Å². The third-order valence-electron chi connectivity index (χ3n) is 2.81. The normalized spacial score (nSPS) is 22.5. The van der Waals surface area contributed by atoms with E-state index in [0.29, 0.717) is 6.42 Å². The van der Waals surface area contributed by atoms with Crippen molar-refractivity contribution in [1.82, 2.24) is 0 Å². The summed E-state index contributed by atoms with van der Waals surface area (Å²) in [5.74, 6) is 0. The Morgan fingerprint density at radius 3 is 2.59 bits per heavy atom. The molecule has 0 aromatic heterocycles. The molecule has 2 rings (SSSR count). The Labute approximate surface area is 101 Å². The number of carbonyl (C=O) groups excluding carboxylic acids is 1. The molecule has 1 aliphatic heterocycles. The number of hydrogen-bond donors (Lipinski definition) is 0. The molecule has 3 nitrogen and oxygen atoms in total. The molecule has 3 heteroatoms. The smallest absolute Gasteiger partial charge is 0.428 e. The molecule has 0 spiro atoms. The van der Waals surface area contributed by atoms with E-state index in [9.17, 15) is 4.79 Å². The molecule has 90 valence electrons. The van der Waals surface area contributed by atoms with Gasteiger partial charge in [0.1, 0.15) is 11.7 Å². The first-order valence-corrected chi connectivity index (χ1v) is 5.62. The van der Waals surface area contributed by atoms with Gasteiger partial charge in [-0.05, 0) is 25.0 Å². The van der Waals surface area contributed by atoms with Crippen molar-refractivity contribution in [2.45, 2.75) is 32.0 Å². The van der Waals surface area contributed by atoms with Crippen LogP contribution in [-0.4, -0.2) is 17.9 Å². The maximum absolute atomic E-state index is 11.3. The lowest BCUT2D eigenvalue weighted by Crippen LogP contribution is -2.41. The maximum Gasteiger partial charge on any atom is 0.509 e. The Morgan fingerprint density at radius 1 is 1.35 bits per heavy atom. The number of hydrogen-bond acceptors (Lipinski definition) is 3. The van der Waals surface area contributed by atoms with Crippen molar-refractivity contribution >= 4 is 11.7 Å². The number of cyclic esters (lactones) is 2. The van der Waals surface area contributed by atoms with Gasteiger partial charge in [0.25, 0.3) is 0 Å². The molecule has 0 aliphatic carbocycles. The molecule has 0 radical (unpaired) electrons. The molecule has 1 heterocycles. The van der Waals surface area contributed by atoms with Crippen molar-refractivity contribution in [1.29, 1.82) is 0 Å². The molecule has 0 amide bonds. The average molecular weight is 232 g/mol. The van der Waals surface area contributed by atoms with E-state index in [0.717, 1.165) is 11.1 Å². The molecule has 1 unspecified atom stereocenters. The van der Waals surface area contributed by atoms with Crippen LogP contribution in [-0.2, 0) is 9.47 Å². The lowest BCUT2D eigenvalue weighted by Gasteiger charge is -2.35. The van der Waals surface area contributed by atoms with E-state index in [1.54, 1.807) is 0 Å². The maximum atomic E-state index is 11.3. The van der Waals surface area contributed by atoms with Gasteiger partial charge in [-0.1, -0.05) is 36.9 Å². The van der Waals surface area contributed by atoms with Crippen molar-refractivity contribution < 1.29 is 14.3 Å². The van der Waals surface area contributed by atoms with Crippen molar-refractivity contribution in [2.75, 3.05) is 0 Å². The zero-order valence-corrected chi connectivity index (χ0v) is 10.1. The fourth-order valence-corrected chi connectivity index (χ4v) is 1.93. The van der Waals surface area contributed by atoms with E-state index in [-0.39, 0.29) is 6.10 Å². The Kier molecular flexibility index (Phi) is 2.92. The highest BCUT2D eigenvalue weighted by Crippen LogP contribution is 2.31. The molecule has 1 saturated heterocycles. The highest BCUT2D eigenvalue weighted by atomic mass is 16.7. The molecule has 0 N–H and O–H groups in total. The SMILES string of the molecule is C=C(c1ccccc1)C1CC(C)(C)OC(=O)O1. The Bertz CT molecular complexity index is 434. The predicted molar refractivity (Wildman–Crippen MR) is 65.5 cm³/mol. The molecule has 1 aliphatic rings. The van der Waals surface area contributed by atoms with E-state index in [1.807, 2.05) is 44.2 Å². The minimum Gasteiger partial charge on any atom is -0.428 e. The first-order chi connectivity index (χ1) is 7.98. The van der Waals surface area contributed by atoms with Crippen LogP contribution in [0.3, 0.4) is 0 Å². The molecule has 1 aromatic carbocycles. The first kappa shape index (κ1) is 11.7. The second-order valence-electron chi connectivity index (χ2n) is 4.81. The van der Waals surface area contributed by atoms with E-state index in [1.165, 1.54) is 0 Å². The highest BCUT2D eigenvalue weighted by Gasteiger charge is 2.37. The van der Waals surface area contributed by atoms with Gasteiger partial charge in [-0.15, -0.1) is 0 Å². The number of carbonyl (C=O) groups is 1. The second kappa shape index (κ2) is 4.24. The minimum atomic E-state index is -0.622. The van der Waals surface area contributed by atoms with Crippen LogP contribution >= 0.6 is 0 Å². The number of benzene rings is 1. The molecule has 0 bridgehead atoms. The van der Waals surface area contributed by atoms with Crippen LogP contribution < -0.4 is 0 Å². The van der Waals surface area contributed by atoms with Crippen molar-refractivity contribution in [3.63, 3.8) is 0 Å². The summed E-state index contributed by atoms with van der Waals surface area (Å²) in [5.41, 5.74) is 1.30. The van der Waals surface area contributed by atoms with Crippen LogP contribution in [0.4, 0.5) is 4.79 Å². The molecular weight excluding hydrogens is 216 g/mol. The van der Waals surface area contributed by atoms with Gasteiger partial charge >= 0.3 is 6.16 Å². The predicted octanol–water partition coefficient (Wildman–Crippen LogP) is 3.40. The van der Waals surface area contributed by atoms with Crippen molar-refractivity contribution in [3.05, 3.63) is 42.5 Å².